The minimum atomic E-state index is -3.74. The third-order valence-corrected chi connectivity index (χ3v) is 6.74. The smallest absolute Gasteiger partial charge is 0.338 e. The summed E-state index contributed by atoms with van der Waals surface area (Å²) < 4.78 is 33.3. The van der Waals surface area contributed by atoms with Crippen molar-refractivity contribution < 1.29 is 17.9 Å². The predicted octanol–water partition coefficient (Wildman–Crippen LogP) is 4.27. The van der Waals surface area contributed by atoms with Crippen LogP contribution in [0.5, 0.6) is 0 Å². The van der Waals surface area contributed by atoms with Gasteiger partial charge in [0.15, 0.2) is 0 Å². The molecule has 0 spiro atoms. The number of rotatable bonds is 5. The molecule has 0 fully saturated rings. The third kappa shape index (κ3) is 3.87. The van der Waals surface area contributed by atoms with Gasteiger partial charge < -0.3 is 9.72 Å². The number of sulfonamides is 1. The van der Waals surface area contributed by atoms with Gasteiger partial charge in [0.05, 0.1) is 17.1 Å². The van der Waals surface area contributed by atoms with E-state index in [1.54, 1.807) is 43.3 Å². The Labute approximate surface area is 170 Å². The van der Waals surface area contributed by atoms with Gasteiger partial charge in [0.2, 0.25) is 0 Å². The maximum absolute atomic E-state index is 12.9. The highest BCUT2D eigenvalue weighted by molar-refractivity contribution is 7.92. The molecule has 1 unspecified atom stereocenters. The third-order valence-electron chi connectivity index (χ3n) is 5.36. The molecule has 1 aliphatic rings. The SMILES string of the molecule is CCOC(=O)c1ccc(NS(=O)(=O)c2ccc3[nH]c4c(c3c2)CCC(C)C4)cc1. The molecule has 6 nitrogen and oxygen atoms in total. The first-order valence-corrected chi connectivity index (χ1v) is 11.3. The molecule has 0 saturated heterocycles. The number of benzene rings is 2. The van der Waals surface area contributed by atoms with Crippen molar-refractivity contribution in [2.24, 2.45) is 5.92 Å². The van der Waals surface area contributed by atoms with Gasteiger partial charge in [-0.05, 0) is 80.1 Å². The van der Waals surface area contributed by atoms with Crippen LogP contribution in [-0.2, 0) is 27.6 Å². The van der Waals surface area contributed by atoms with Crippen LogP contribution < -0.4 is 4.72 Å². The summed E-state index contributed by atoms with van der Waals surface area (Å²) in [7, 11) is -3.74. The summed E-state index contributed by atoms with van der Waals surface area (Å²) in [5, 5.41) is 0.979. The van der Waals surface area contributed by atoms with Crippen molar-refractivity contribution in [1.29, 1.82) is 0 Å². The van der Waals surface area contributed by atoms with Crippen LogP contribution in [0.4, 0.5) is 5.69 Å². The Balaban J connectivity index is 1.60. The number of nitrogens with one attached hydrogen (secondary N) is 2. The summed E-state index contributed by atoms with van der Waals surface area (Å²) in [6.07, 6.45) is 3.07. The molecule has 1 aromatic heterocycles. The number of hydrogen-bond acceptors (Lipinski definition) is 4. The minimum absolute atomic E-state index is 0.222. The molecule has 4 rings (SSSR count). The zero-order chi connectivity index (χ0) is 20.6. The lowest BCUT2D eigenvalue weighted by Crippen LogP contribution is -2.13. The lowest BCUT2D eigenvalue weighted by Gasteiger charge is -2.18. The van der Waals surface area contributed by atoms with E-state index in [1.165, 1.54) is 11.3 Å². The van der Waals surface area contributed by atoms with Crippen molar-refractivity contribution >= 4 is 32.6 Å². The summed E-state index contributed by atoms with van der Waals surface area (Å²) in [5.41, 5.74) is 4.19. The molecule has 0 saturated carbocycles. The summed E-state index contributed by atoms with van der Waals surface area (Å²) in [6.45, 7) is 4.26. The predicted molar refractivity (Wildman–Crippen MR) is 113 cm³/mol. The monoisotopic (exact) mass is 412 g/mol. The molecule has 0 amide bonds. The van der Waals surface area contributed by atoms with Crippen molar-refractivity contribution in [3.05, 3.63) is 59.3 Å². The zero-order valence-electron chi connectivity index (χ0n) is 16.5. The van der Waals surface area contributed by atoms with E-state index < -0.39 is 16.0 Å². The first kappa shape index (κ1) is 19.5. The number of ether oxygens (including phenoxy) is 1. The van der Waals surface area contributed by atoms with Crippen LogP contribution in [-0.4, -0.2) is 26.0 Å². The van der Waals surface area contributed by atoms with Crippen LogP contribution in [0.2, 0.25) is 0 Å². The number of hydrogen-bond donors (Lipinski definition) is 2. The summed E-state index contributed by atoms with van der Waals surface area (Å²) in [6, 6.07) is 11.4. The van der Waals surface area contributed by atoms with E-state index in [9.17, 15) is 13.2 Å². The summed E-state index contributed by atoms with van der Waals surface area (Å²) in [4.78, 5) is 15.4. The molecular formula is C22H24N2O4S. The Bertz CT molecular complexity index is 1160. The van der Waals surface area contributed by atoms with Gasteiger partial charge in [0.1, 0.15) is 0 Å². The molecule has 1 atom stereocenters. The van der Waals surface area contributed by atoms with E-state index >= 15 is 0 Å². The minimum Gasteiger partial charge on any atom is -0.462 e. The zero-order valence-corrected chi connectivity index (χ0v) is 17.3. The highest BCUT2D eigenvalue weighted by atomic mass is 32.2. The molecule has 0 aliphatic heterocycles. The summed E-state index contributed by atoms with van der Waals surface area (Å²) in [5.74, 6) is 0.205. The van der Waals surface area contributed by atoms with Gasteiger partial charge in [-0.15, -0.1) is 0 Å². The van der Waals surface area contributed by atoms with Gasteiger partial charge in [0.25, 0.3) is 10.0 Å². The van der Waals surface area contributed by atoms with Crippen molar-refractivity contribution in [1.82, 2.24) is 4.98 Å². The molecule has 0 bridgehead atoms. The quantitative estimate of drug-likeness (QED) is 0.613. The fourth-order valence-electron chi connectivity index (χ4n) is 3.85. The topological polar surface area (TPSA) is 88.3 Å². The van der Waals surface area contributed by atoms with E-state index in [-0.39, 0.29) is 11.5 Å². The highest BCUT2D eigenvalue weighted by Crippen LogP contribution is 2.33. The molecular weight excluding hydrogens is 388 g/mol. The van der Waals surface area contributed by atoms with Crippen molar-refractivity contribution in [3.8, 4) is 0 Å². The van der Waals surface area contributed by atoms with Crippen molar-refractivity contribution in [2.45, 2.75) is 38.0 Å². The number of aryl methyl sites for hydroxylation is 1. The Morgan fingerprint density at radius 1 is 1.21 bits per heavy atom. The van der Waals surface area contributed by atoms with Crippen LogP contribution in [0, 0.1) is 5.92 Å². The highest BCUT2D eigenvalue weighted by Gasteiger charge is 2.22. The number of anilines is 1. The van der Waals surface area contributed by atoms with Gasteiger partial charge in [0, 0.05) is 22.3 Å². The first-order chi connectivity index (χ1) is 13.9. The maximum Gasteiger partial charge on any atom is 0.338 e. The largest absolute Gasteiger partial charge is 0.462 e. The Morgan fingerprint density at radius 3 is 2.69 bits per heavy atom. The van der Waals surface area contributed by atoms with E-state index in [2.05, 4.69) is 16.6 Å². The number of carbonyl (C=O) groups excluding carboxylic acids is 1. The number of aromatic amines is 1. The average Bonchev–Trinajstić information content (AvgIpc) is 3.05. The molecule has 29 heavy (non-hydrogen) atoms. The Morgan fingerprint density at radius 2 is 1.97 bits per heavy atom. The average molecular weight is 413 g/mol. The standard InChI is InChI=1S/C22H24N2O4S/c1-3-28-22(25)15-5-7-16(8-6-15)24-29(26,27)17-9-11-20-19(13-17)18-10-4-14(2)12-21(18)23-20/h5-9,11,13-14,23-24H,3-4,10,12H2,1-2H3. The molecule has 3 aromatic rings. The van der Waals surface area contributed by atoms with Gasteiger partial charge in [-0.2, -0.15) is 0 Å². The van der Waals surface area contributed by atoms with Crippen LogP contribution in [0.3, 0.4) is 0 Å². The lowest BCUT2D eigenvalue weighted by molar-refractivity contribution is 0.0526. The number of carbonyl (C=O) groups is 1. The number of aromatic nitrogens is 1. The number of esters is 1. The summed E-state index contributed by atoms with van der Waals surface area (Å²) >= 11 is 0. The van der Waals surface area contributed by atoms with Gasteiger partial charge in [-0.1, -0.05) is 6.92 Å². The fourth-order valence-corrected chi connectivity index (χ4v) is 4.94. The normalized spacial score (nSPS) is 16.4. The Hall–Kier alpha value is -2.80. The second-order valence-electron chi connectivity index (χ2n) is 7.54. The van der Waals surface area contributed by atoms with Crippen molar-refractivity contribution in [2.75, 3.05) is 11.3 Å². The van der Waals surface area contributed by atoms with E-state index in [4.69, 9.17) is 4.74 Å². The van der Waals surface area contributed by atoms with Crippen molar-refractivity contribution in [3.63, 3.8) is 0 Å². The van der Waals surface area contributed by atoms with Gasteiger partial charge in [-0.3, -0.25) is 4.72 Å². The molecule has 152 valence electrons. The van der Waals surface area contributed by atoms with Gasteiger partial charge in [-0.25, -0.2) is 13.2 Å². The van der Waals surface area contributed by atoms with Crippen LogP contribution in [0.25, 0.3) is 10.9 Å². The maximum atomic E-state index is 12.9. The van der Waals surface area contributed by atoms with E-state index in [1.807, 2.05) is 6.07 Å². The molecule has 2 N–H and O–H groups in total. The molecule has 1 heterocycles. The lowest BCUT2D eigenvalue weighted by atomic mass is 9.88. The number of fused-ring (bicyclic) bond motifs is 3. The number of H-pyrrole nitrogens is 1. The van der Waals surface area contributed by atoms with Crippen LogP contribution in [0.1, 0.15) is 41.9 Å². The molecule has 2 aromatic carbocycles. The van der Waals surface area contributed by atoms with Gasteiger partial charge >= 0.3 is 5.97 Å². The fraction of sp³-hybridized carbons (Fsp3) is 0.318. The first-order valence-electron chi connectivity index (χ1n) is 9.81. The molecule has 1 aliphatic carbocycles. The van der Waals surface area contributed by atoms with E-state index in [0.29, 0.717) is 17.2 Å². The molecule has 0 radical (unpaired) electrons. The Kier molecular flexibility index (Phi) is 5.08. The second kappa shape index (κ2) is 7.55. The second-order valence-corrected chi connectivity index (χ2v) is 9.22. The van der Waals surface area contributed by atoms with Crippen LogP contribution in [0.15, 0.2) is 47.4 Å². The molecule has 7 heteroatoms. The van der Waals surface area contributed by atoms with Crippen LogP contribution >= 0.6 is 0 Å². The van der Waals surface area contributed by atoms with E-state index in [0.717, 1.165) is 30.2 Å².